The molecule has 1 saturated carbocycles. The smallest absolute Gasteiger partial charge is 0.135 e. The third-order valence-electron chi connectivity index (χ3n) is 19.4. The summed E-state index contributed by atoms with van der Waals surface area (Å²) in [7, 11) is 2.19. The van der Waals surface area contributed by atoms with E-state index in [1.165, 1.54) is 182 Å². The van der Waals surface area contributed by atoms with Crippen molar-refractivity contribution < 1.29 is 4.79 Å². The fourth-order valence-electron chi connectivity index (χ4n) is 12.2. The summed E-state index contributed by atoms with van der Waals surface area (Å²) in [6, 6.07) is 7.60. The number of rotatable bonds is 10. The van der Waals surface area contributed by atoms with E-state index >= 15 is 0 Å². The number of carbonyl (C=O) groups excluding carboxylic acids is 1. The minimum Gasteiger partial charge on any atom is -0.304 e. The second-order valence-electron chi connectivity index (χ2n) is 29.3. The van der Waals surface area contributed by atoms with Crippen LogP contribution in [0.3, 0.4) is 0 Å². The average Bonchev–Trinajstić information content (AvgIpc) is 4.00. The Morgan fingerprint density at radius 2 is 0.722 bits per heavy atom. The number of likely N-dealkylation sites (N-methyl/N-ethyl adjacent to an activating group) is 1. The maximum atomic E-state index is 10.8. The van der Waals surface area contributed by atoms with Crippen molar-refractivity contribution in [1.29, 1.82) is 0 Å². The molecular formula is C68H142N10O. The lowest BCUT2D eigenvalue weighted by molar-refractivity contribution is -0.126. The van der Waals surface area contributed by atoms with Crippen LogP contribution in [0.25, 0.3) is 0 Å². The molecule has 79 heavy (non-hydrogen) atoms. The number of nitrogens with zero attached hydrogens (tertiary/aromatic N) is 10. The highest BCUT2D eigenvalue weighted by Gasteiger charge is 2.47. The molecule has 0 amide bonds. The second-order valence-corrected chi connectivity index (χ2v) is 29.3. The normalized spacial score (nSPS) is 25.5. The minimum atomic E-state index is 0.336. The zero-order valence-corrected chi connectivity index (χ0v) is 57.6. The standard InChI is InChI=1S/C9H17N.C8H18N2.C8H15NO.2C8H17N.3C7H15N.C6H13N/c1-8(2)10-6-9(7-10)4-3-5-9;1-8(2)10-6-4-9(3)5-7-10;1-6(2)9-4-8(5-9)7(3)10;1-7(2)9-5-4-8(3)6-9;1-8(2)9-6-4-3-5-7-9;1-6(2)8-4-7(3)5-8;1-6(2)8-5-4-7(8)3;1-7(2)8-5-3-4-6-8;1-6(2)7-4-3-5-7/h8H,3-7H2,1-2H3;8H,4-7H2,1-3H3;6,8H,4-5H2,1-3H3;7-8H,4-6H2,1-3H3;8H,3-7H2,1-2H3;2*6-7H,4-5H2,1-3H3;7H,3-6H2,1-2H3;6H,3-5H2,1-2H3. The van der Waals surface area contributed by atoms with Gasteiger partial charge in [-0.05, 0) is 266 Å². The minimum absolute atomic E-state index is 0.336. The topological polar surface area (TPSA) is 49.5 Å². The first-order chi connectivity index (χ1) is 37.1. The van der Waals surface area contributed by atoms with Crippen molar-refractivity contribution in [3.63, 3.8) is 0 Å². The first-order valence-electron chi connectivity index (χ1n) is 33.9. The highest BCUT2D eigenvalue weighted by Crippen LogP contribution is 2.48. The largest absolute Gasteiger partial charge is 0.304 e. The number of piperazine rings is 1. The molecule has 10 rings (SSSR count). The molecular weight excluding hydrogens is 973 g/mol. The molecule has 0 bridgehead atoms. The van der Waals surface area contributed by atoms with Crippen LogP contribution in [0.15, 0.2) is 0 Å². The summed E-state index contributed by atoms with van der Waals surface area (Å²) in [6.07, 6.45) is 15.8. The van der Waals surface area contributed by atoms with Crippen molar-refractivity contribution in [3.8, 4) is 0 Å². The van der Waals surface area contributed by atoms with Crippen LogP contribution in [0.4, 0.5) is 0 Å². The van der Waals surface area contributed by atoms with Crippen LogP contribution in [0, 0.1) is 23.2 Å². The first kappa shape index (κ1) is 74.4. The predicted molar refractivity (Wildman–Crippen MR) is 348 cm³/mol. The van der Waals surface area contributed by atoms with Gasteiger partial charge in [-0.15, -0.1) is 0 Å². The molecule has 0 aromatic heterocycles. The van der Waals surface area contributed by atoms with E-state index in [2.05, 4.69) is 201 Å². The van der Waals surface area contributed by atoms with Crippen molar-refractivity contribution in [1.82, 2.24) is 49.0 Å². The van der Waals surface area contributed by atoms with Crippen molar-refractivity contribution in [3.05, 3.63) is 0 Å². The van der Waals surface area contributed by atoms with E-state index in [4.69, 9.17) is 0 Å². The highest BCUT2D eigenvalue weighted by atomic mass is 16.1. The number of hydrogen-bond donors (Lipinski definition) is 0. The Hall–Kier alpha value is -0.730. The number of likely N-dealkylation sites (tertiary alicyclic amines) is 8. The third kappa shape index (κ3) is 29.3. The van der Waals surface area contributed by atoms with Gasteiger partial charge in [0.15, 0.2) is 0 Å². The Kier molecular flexibility index (Phi) is 36.8. The molecule has 10 aliphatic rings. The number of ketones is 1. The summed E-state index contributed by atoms with van der Waals surface area (Å²) in [5, 5.41) is 0. The van der Waals surface area contributed by atoms with Gasteiger partial charge in [-0.1, -0.05) is 26.7 Å². The van der Waals surface area contributed by atoms with E-state index in [9.17, 15) is 4.79 Å². The molecule has 0 aromatic carbocycles. The van der Waals surface area contributed by atoms with E-state index in [-0.39, 0.29) is 0 Å². The molecule has 2 atom stereocenters. The third-order valence-corrected chi connectivity index (χ3v) is 19.4. The molecule has 0 N–H and O–H groups in total. The highest BCUT2D eigenvalue weighted by molar-refractivity contribution is 5.79. The van der Waals surface area contributed by atoms with Crippen LogP contribution < -0.4 is 0 Å². The molecule has 1 aliphatic carbocycles. The number of Topliss-reactive ketones (excluding diaryl/α,β-unsaturated/α-hetero) is 1. The summed E-state index contributed by atoms with van der Waals surface area (Å²) >= 11 is 0. The Bertz CT molecular complexity index is 1470. The van der Waals surface area contributed by atoms with Crippen LogP contribution in [0.1, 0.15) is 223 Å². The van der Waals surface area contributed by atoms with Gasteiger partial charge in [-0.25, -0.2) is 0 Å². The molecule has 11 heteroatoms. The maximum Gasteiger partial charge on any atom is 0.135 e. The van der Waals surface area contributed by atoms with Crippen molar-refractivity contribution in [2.75, 3.05) is 131 Å². The predicted octanol–water partition coefficient (Wildman–Crippen LogP) is 12.5. The van der Waals surface area contributed by atoms with Gasteiger partial charge >= 0.3 is 0 Å². The quantitative estimate of drug-likeness (QED) is 0.210. The van der Waals surface area contributed by atoms with E-state index in [1.54, 1.807) is 6.92 Å². The fraction of sp³-hybridized carbons (Fsp3) is 0.985. The number of hydrogen-bond acceptors (Lipinski definition) is 11. The van der Waals surface area contributed by atoms with E-state index in [0.29, 0.717) is 17.7 Å². The SMILES string of the molecule is CC(=O)C1CN(C(C)C)C1.CC(C)N1CC2(CCC2)C1.CC(C)N1CCC1.CC(C)N1CCC1C.CC(C)N1CCCC1.CC(C)N1CCCCC1.CC(C)N1CCN(C)CC1.CC1CCN(C(C)C)C1.CC1CN(C(C)C)C1. The van der Waals surface area contributed by atoms with Gasteiger partial charge < -0.3 is 29.4 Å². The van der Waals surface area contributed by atoms with Crippen LogP contribution >= 0.6 is 0 Å². The number of piperidine rings is 1. The Labute approximate surface area is 495 Å². The van der Waals surface area contributed by atoms with E-state index < -0.39 is 0 Å². The summed E-state index contributed by atoms with van der Waals surface area (Å²) in [5.74, 6) is 2.57. The second kappa shape index (κ2) is 39.1. The molecule has 10 fully saturated rings. The summed E-state index contributed by atoms with van der Waals surface area (Å²) in [5.41, 5.74) is 0.824. The average molecular weight is 1120 g/mol. The van der Waals surface area contributed by atoms with Gasteiger partial charge in [0.2, 0.25) is 0 Å². The van der Waals surface area contributed by atoms with Crippen molar-refractivity contribution in [2.24, 2.45) is 23.2 Å². The summed E-state index contributed by atoms with van der Waals surface area (Å²) < 4.78 is 0. The summed E-state index contributed by atoms with van der Waals surface area (Å²) in [4.78, 5) is 35.7. The van der Waals surface area contributed by atoms with Gasteiger partial charge in [-0.3, -0.25) is 24.4 Å². The molecule has 470 valence electrons. The molecule has 9 heterocycles. The molecule has 9 saturated heterocycles. The van der Waals surface area contributed by atoms with Crippen molar-refractivity contribution in [2.45, 2.75) is 283 Å². The van der Waals surface area contributed by atoms with Gasteiger partial charge in [0, 0.05) is 145 Å². The molecule has 11 nitrogen and oxygen atoms in total. The molecule has 1 spiro atoms. The lowest BCUT2D eigenvalue weighted by Crippen LogP contribution is -2.61. The monoisotopic (exact) mass is 1120 g/mol. The number of carbonyl (C=O) groups is 1. The van der Waals surface area contributed by atoms with E-state index in [0.717, 1.165) is 84.7 Å². The summed E-state index contributed by atoms with van der Waals surface area (Å²) in [6.45, 7) is 73.5. The molecule has 0 radical (unpaired) electrons. The maximum absolute atomic E-state index is 10.8. The van der Waals surface area contributed by atoms with Gasteiger partial charge in [0.1, 0.15) is 5.78 Å². The lowest BCUT2D eigenvalue weighted by atomic mass is 9.63. The lowest BCUT2D eigenvalue weighted by Gasteiger charge is -2.57. The van der Waals surface area contributed by atoms with Gasteiger partial charge in [0.25, 0.3) is 0 Å². The van der Waals surface area contributed by atoms with Crippen molar-refractivity contribution >= 4 is 5.78 Å². The Morgan fingerprint density at radius 3 is 0.937 bits per heavy atom. The molecule has 0 aromatic rings. The van der Waals surface area contributed by atoms with Gasteiger partial charge in [-0.2, -0.15) is 0 Å². The van der Waals surface area contributed by atoms with Crippen LogP contribution in [0.5, 0.6) is 0 Å². The van der Waals surface area contributed by atoms with Gasteiger partial charge in [0.05, 0.1) is 0 Å². The Balaban J connectivity index is 0.000000304. The zero-order chi connectivity index (χ0) is 59.6. The zero-order valence-electron chi connectivity index (χ0n) is 57.6. The van der Waals surface area contributed by atoms with E-state index in [1.807, 2.05) is 0 Å². The van der Waals surface area contributed by atoms with Crippen LogP contribution in [-0.2, 0) is 4.79 Å². The molecule has 9 aliphatic heterocycles. The fourth-order valence-corrected chi connectivity index (χ4v) is 12.2. The molecule has 2 unspecified atom stereocenters. The van der Waals surface area contributed by atoms with Crippen LogP contribution in [-0.4, -0.2) is 247 Å². The van der Waals surface area contributed by atoms with Crippen LogP contribution in [0.2, 0.25) is 0 Å². The first-order valence-corrected chi connectivity index (χ1v) is 33.9. The Morgan fingerprint density at radius 1 is 0.354 bits per heavy atom.